The molecule has 0 aromatic carbocycles. The van der Waals surface area contributed by atoms with Crippen molar-refractivity contribution < 1.29 is 4.21 Å². The van der Waals surface area contributed by atoms with Crippen molar-refractivity contribution >= 4 is 10.8 Å². The number of nitrogens with zero attached hydrogens (tertiary/aromatic N) is 1. The van der Waals surface area contributed by atoms with Crippen LogP contribution in [0.3, 0.4) is 0 Å². The normalized spacial score (nSPS) is 13.9. The Morgan fingerprint density at radius 3 is 2.71 bits per heavy atom. The number of nitrogens with two attached hydrogens (primary N) is 1. The molecule has 1 aromatic rings. The number of hydrogen-bond acceptors (Lipinski definition) is 3. The van der Waals surface area contributed by atoms with Crippen molar-refractivity contribution in [3.8, 4) is 0 Å². The molecule has 0 fully saturated rings. The molecule has 1 aromatic heterocycles. The fourth-order valence-electron chi connectivity index (χ4n) is 1.11. The largest absolute Gasteiger partial charge is 0.325 e. The van der Waals surface area contributed by atoms with Gasteiger partial charge >= 0.3 is 0 Å². The minimum absolute atomic E-state index is 0.375. The van der Waals surface area contributed by atoms with E-state index in [9.17, 15) is 4.21 Å². The second kappa shape index (κ2) is 4.66. The Balaban J connectivity index is 2.50. The number of hydrogen-bond donors (Lipinski definition) is 1. The SMILES string of the molecule is CC(C)(N)CS(=O)Cc1ccccn1. The zero-order valence-electron chi connectivity index (χ0n) is 8.56. The first-order valence-corrected chi connectivity index (χ1v) is 6.00. The molecule has 0 aliphatic carbocycles. The van der Waals surface area contributed by atoms with Crippen molar-refractivity contribution in [2.24, 2.45) is 5.73 Å². The van der Waals surface area contributed by atoms with Crippen LogP contribution in [-0.2, 0) is 16.6 Å². The van der Waals surface area contributed by atoms with Crippen molar-refractivity contribution in [1.82, 2.24) is 4.98 Å². The van der Waals surface area contributed by atoms with Crippen LogP contribution in [-0.4, -0.2) is 20.5 Å². The van der Waals surface area contributed by atoms with Crippen LogP contribution in [0.2, 0.25) is 0 Å². The second-order valence-electron chi connectivity index (χ2n) is 4.04. The molecule has 4 heteroatoms. The first kappa shape index (κ1) is 11.3. The summed E-state index contributed by atoms with van der Waals surface area (Å²) in [6.45, 7) is 3.76. The molecule has 1 heterocycles. The fourth-order valence-corrected chi connectivity index (χ4v) is 2.55. The van der Waals surface area contributed by atoms with Gasteiger partial charge in [0.05, 0.1) is 11.4 Å². The zero-order valence-corrected chi connectivity index (χ0v) is 9.38. The zero-order chi connectivity index (χ0) is 10.6. The Morgan fingerprint density at radius 2 is 2.21 bits per heavy atom. The van der Waals surface area contributed by atoms with E-state index in [1.54, 1.807) is 6.20 Å². The summed E-state index contributed by atoms with van der Waals surface area (Å²) < 4.78 is 11.6. The standard InChI is InChI=1S/C10H16N2OS/c1-10(2,11)8-14(13)7-9-5-3-4-6-12-9/h3-6H,7-8,11H2,1-2H3. The van der Waals surface area contributed by atoms with E-state index < -0.39 is 10.8 Å². The molecule has 0 spiro atoms. The summed E-state index contributed by atoms with van der Waals surface area (Å²) >= 11 is 0. The smallest absolute Gasteiger partial charge is 0.0659 e. The lowest BCUT2D eigenvalue weighted by Gasteiger charge is -2.17. The van der Waals surface area contributed by atoms with Gasteiger partial charge in [-0.1, -0.05) is 6.07 Å². The van der Waals surface area contributed by atoms with Crippen molar-refractivity contribution in [1.29, 1.82) is 0 Å². The first-order valence-electron chi connectivity index (χ1n) is 4.51. The quantitative estimate of drug-likeness (QED) is 0.812. The predicted molar refractivity (Wildman–Crippen MR) is 59.2 cm³/mol. The molecule has 14 heavy (non-hydrogen) atoms. The lowest BCUT2D eigenvalue weighted by atomic mass is 10.1. The summed E-state index contributed by atoms with van der Waals surface area (Å²) in [5.74, 6) is 0.991. The molecule has 3 nitrogen and oxygen atoms in total. The molecule has 1 unspecified atom stereocenters. The van der Waals surface area contributed by atoms with Crippen molar-refractivity contribution in [3.63, 3.8) is 0 Å². The highest BCUT2D eigenvalue weighted by molar-refractivity contribution is 7.84. The van der Waals surface area contributed by atoms with Gasteiger partial charge in [0.25, 0.3) is 0 Å². The lowest BCUT2D eigenvalue weighted by Crippen LogP contribution is -2.38. The molecule has 0 aliphatic heterocycles. The minimum Gasteiger partial charge on any atom is -0.325 e. The van der Waals surface area contributed by atoms with Gasteiger partial charge < -0.3 is 5.73 Å². The Morgan fingerprint density at radius 1 is 1.50 bits per heavy atom. The van der Waals surface area contributed by atoms with Crippen LogP contribution in [0.1, 0.15) is 19.5 Å². The van der Waals surface area contributed by atoms with Gasteiger partial charge in [0.1, 0.15) is 0 Å². The van der Waals surface area contributed by atoms with Crippen molar-refractivity contribution in [3.05, 3.63) is 30.1 Å². The fraction of sp³-hybridized carbons (Fsp3) is 0.500. The van der Waals surface area contributed by atoms with Crippen LogP contribution in [0.25, 0.3) is 0 Å². The van der Waals surface area contributed by atoms with Gasteiger partial charge in [-0.25, -0.2) is 0 Å². The number of pyridine rings is 1. The van der Waals surface area contributed by atoms with E-state index in [2.05, 4.69) is 4.98 Å². The van der Waals surface area contributed by atoms with E-state index in [0.29, 0.717) is 11.5 Å². The maximum Gasteiger partial charge on any atom is 0.0659 e. The van der Waals surface area contributed by atoms with Crippen LogP contribution < -0.4 is 5.73 Å². The molecule has 78 valence electrons. The maximum atomic E-state index is 11.6. The summed E-state index contributed by atoms with van der Waals surface area (Å²) in [5.41, 5.74) is 6.26. The van der Waals surface area contributed by atoms with Crippen LogP contribution in [0, 0.1) is 0 Å². The molecule has 2 N–H and O–H groups in total. The van der Waals surface area contributed by atoms with Gasteiger partial charge in [-0.2, -0.15) is 0 Å². The molecule has 0 saturated heterocycles. The molecule has 1 rings (SSSR count). The molecule has 0 saturated carbocycles. The highest BCUT2D eigenvalue weighted by Gasteiger charge is 2.15. The Kier molecular flexibility index (Phi) is 3.77. The van der Waals surface area contributed by atoms with Crippen LogP contribution in [0.5, 0.6) is 0 Å². The van der Waals surface area contributed by atoms with Crippen molar-refractivity contribution in [2.75, 3.05) is 5.75 Å². The maximum absolute atomic E-state index is 11.6. The third-order valence-electron chi connectivity index (χ3n) is 1.57. The lowest BCUT2D eigenvalue weighted by molar-refractivity contribution is 0.577. The Bertz CT molecular complexity index is 306. The monoisotopic (exact) mass is 212 g/mol. The van der Waals surface area contributed by atoms with E-state index in [1.807, 2.05) is 32.0 Å². The topological polar surface area (TPSA) is 56.0 Å². The molecular formula is C10H16N2OS. The van der Waals surface area contributed by atoms with Crippen LogP contribution in [0.4, 0.5) is 0 Å². The van der Waals surface area contributed by atoms with E-state index in [0.717, 1.165) is 5.69 Å². The predicted octanol–water partition coefficient (Wildman–Crippen LogP) is 1.07. The highest BCUT2D eigenvalue weighted by Crippen LogP contribution is 2.05. The highest BCUT2D eigenvalue weighted by atomic mass is 32.2. The molecule has 0 bridgehead atoms. The Hall–Kier alpha value is -0.740. The van der Waals surface area contributed by atoms with Crippen LogP contribution >= 0.6 is 0 Å². The molecular weight excluding hydrogens is 196 g/mol. The minimum atomic E-state index is -0.928. The molecule has 1 atom stereocenters. The molecule has 0 amide bonds. The average molecular weight is 212 g/mol. The van der Waals surface area contributed by atoms with Gasteiger partial charge in [0.15, 0.2) is 0 Å². The Labute approximate surface area is 87.2 Å². The van der Waals surface area contributed by atoms with Crippen molar-refractivity contribution in [2.45, 2.75) is 25.1 Å². The summed E-state index contributed by atoms with van der Waals surface area (Å²) in [6, 6.07) is 5.62. The molecule has 0 aliphatic rings. The van der Waals surface area contributed by atoms with Gasteiger partial charge in [-0.05, 0) is 26.0 Å². The van der Waals surface area contributed by atoms with Gasteiger partial charge in [-0.15, -0.1) is 0 Å². The summed E-state index contributed by atoms with van der Waals surface area (Å²) in [4.78, 5) is 4.11. The first-order chi connectivity index (χ1) is 6.47. The van der Waals surface area contributed by atoms with E-state index in [-0.39, 0.29) is 5.54 Å². The van der Waals surface area contributed by atoms with Crippen LogP contribution in [0.15, 0.2) is 24.4 Å². The second-order valence-corrected chi connectivity index (χ2v) is 5.50. The summed E-state index contributed by atoms with van der Waals surface area (Å²) in [7, 11) is -0.928. The van der Waals surface area contributed by atoms with Gasteiger partial charge in [0.2, 0.25) is 0 Å². The van der Waals surface area contributed by atoms with E-state index in [1.165, 1.54) is 0 Å². The molecule has 0 radical (unpaired) electrons. The third kappa shape index (κ3) is 4.48. The van der Waals surface area contributed by atoms with Gasteiger partial charge in [-0.3, -0.25) is 9.19 Å². The van der Waals surface area contributed by atoms with E-state index in [4.69, 9.17) is 5.73 Å². The summed E-state index contributed by atoms with van der Waals surface area (Å²) in [5, 5.41) is 0. The third-order valence-corrected chi connectivity index (χ3v) is 3.25. The van der Waals surface area contributed by atoms with Gasteiger partial charge in [0, 0.05) is 28.3 Å². The summed E-state index contributed by atoms with van der Waals surface area (Å²) in [6.07, 6.45) is 1.71. The van der Waals surface area contributed by atoms with E-state index >= 15 is 0 Å². The average Bonchev–Trinajstić information content (AvgIpc) is 2.02. The number of aromatic nitrogens is 1. The number of rotatable bonds is 4.